The average molecular weight is 500 g/mol. The molecule has 0 aliphatic carbocycles. The summed E-state index contributed by atoms with van der Waals surface area (Å²) < 4.78 is 19.5. The van der Waals surface area contributed by atoms with Crippen LogP contribution in [0.4, 0.5) is 10.1 Å². The lowest BCUT2D eigenvalue weighted by molar-refractivity contribution is -0.132. The van der Waals surface area contributed by atoms with E-state index in [0.29, 0.717) is 11.3 Å². The van der Waals surface area contributed by atoms with Crippen LogP contribution in [0, 0.1) is 19.7 Å². The molecule has 1 unspecified atom stereocenters. The third-order valence-corrected chi connectivity index (χ3v) is 6.41. The molecule has 1 aliphatic rings. The Morgan fingerprint density at radius 3 is 2.41 bits per heavy atom. The number of aliphatic hydroxyl groups is 1. The fourth-order valence-corrected chi connectivity index (χ4v) is 4.58. The van der Waals surface area contributed by atoms with Gasteiger partial charge in [-0.15, -0.1) is 0 Å². The van der Waals surface area contributed by atoms with Crippen molar-refractivity contribution in [3.05, 3.63) is 98.3 Å². The number of hydrogen-bond donors (Lipinski definition) is 1. The number of ether oxygens (including phenoxy) is 1. The molecular weight excluding hydrogens is 480 g/mol. The number of rotatable bonds is 4. The Labute approximate surface area is 206 Å². The van der Waals surface area contributed by atoms with Crippen LogP contribution in [-0.4, -0.2) is 23.9 Å². The summed E-state index contributed by atoms with van der Waals surface area (Å²) in [6.07, 6.45) is 0. The molecule has 1 saturated heterocycles. The predicted molar refractivity (Wildman–Crippen MR) is 130 cm³/mol. The fourth-order valence-electron chi connectivity index (χ4n) is 4.27. The standard InChI is InChI=1S/C26H20Cl2FNO4/c1-13-9-14(2)25(34-3)18(10-13)23(31)21-22(15-7-8-19(27)20(28)11-15)30(26(33)24(21)32)17-6-4-5-16(29)12-17/h4-12,22,31H,1-3H3/b23-21+. The number of anilines is 1. The van der Waals surface area contributed by atoms with E-state index < -0.39 is 29.3 Å². The fraction of sp³-hybridized carbons (Fsp3) is 0.154. The summed E-state index contributed by atoms with van der Waals surface area (Å²) in [6, 6.07) is 12.4. The molecular formula is C26H20Cl2FNO4. The van der Waals surface area contributed by atoms with Crippen LogP contribution in [0.2, 0.25) is 10.0 Å². The Hall–Kier alpha value is -3.35. The molecule has 8 heteroatoms. The van der Waals surface area contributed by atoms with Crippen LogP contribution in [0.5, 0.6) is 5.75 Å². The molecule has 0 spiro atoms. The van der Waals surface area contributed by atoms with Crippen LogP contribution in [0.25, 0.3) is 5.76 Å². The molecule has 4 rings (SSSR count). The van der Waals surface area contributed by atoms with Crippen molar-refractivity contribution in [1.82, 2.24) is 0 Å². The number of amides is 1. The SMILES string of the molecule is COc1c(C)cc(C)cc1/C(O)=C1\C(=O)C(=O)N(c2cccc(F)c2)C1c1ccc(Cl)c(Cl)c1. The van der Waals surface area contributed by atoms with Crippen molar-refractivity contribution in [1.29, 1.82) is 0 Å². The number of Topliss-reactive ketones (excluding diaryl/α,β-unsaturated/α-hetero) is 1. The van der Waals surface area contributed by atoms with Crippen molar-refractivity contribution in [3.8, 4) is 5.75 Å². The number of hydrogen-bond acceptors (Lipinski definition) is 4. The van der Waals surface area contributed by atoms with Crippen molar-refractivity contribution in [3.63, 3.8) is 0 Å². The van der Waals surface area contributed by atoms with Crippen LogP contribution >= 0.6 is 23.2 Å². The minimum Gasteiger partial charge on any atom is -0.507 e. The largest absolute Gasteiger partial charge is 0.507 e. The normalized spacial score (nSPS) is 17.4. The molecule has 1 amide bonds. The third kappa shape index (κ3) is 4.04. The van der Waals surface area contributed by atoms with Gasteiger partial charge in [0.2, 0.25) is 0 Å². The number of benzene rings is 3. The summed E-state index contributed by atoms with van der Waals surface area (Å²) in [5, 5.41) is 11.9. The Bertz CT molecular complexity index is 1370. The molecule has 1 heterocycles. The summed E-state index contributed by atoms with van der Waals surface area (Å²) in [4.78, 5) is 27.6. The Balaban J connectivity index is 2.03. The number of aryl methyl sites for hydroxylation is 2. The maximum Gasteiger partial charge on any atom is 0.300 e. The molecule has 34 heavy (non-hydrogen) atoms. The lowest BCUT2D eigenvalue weighted by Gasteiger charge is -2.26. The van der Waals surface area contributed by atoms with E-state index in [1.165, 1.54) is 37.4 Å². The highest BCUT2D eigenvalue weighted by atomic mass is 35.5. The van der Waals surface area contributed by atoms with Crippen LogP contribution in [0.3, 0.4) is 0 Å². The van der Waals surface area contributed by atoms with Crippen molar-refractivity contribution < 1.29 is 23.8 Å². The molecule has 174 valence electrons. The molecule has 1 aliphatic heterocycles. The number of carbonyl (C=O) groups excluding carboxylic acids is 2. The van der Waals surface area contributed by atoms with Gasteiger partial charge in [0.1, 0.15) is 17.3 Å². The van der Waals surface area contributed by atoms with Gasteiger partial charge in [0.25, 0.3) is 11.7 Å². The number of carbonyl (C=O) groups is 2. The van der Waals surface area contributed by atoms with Gasteiger partial charge < -0.3 is 9.84 Å². The van der Waals surface area contributed by atoms with Crippen molar-refractivity contribution in [2.45, 2.75) is 19.9 Å². The molecule has 1 fully saturated rings. The van der Waals surface area contributed by atoms with Crippen molar-refractivity contribution in [2.75, 3.05) is 12.0 Å². The lowest BCUT2D eigenvalue weighted by Crippen LogP contribution is -2.29. The van der Waals surface area contributed by atoms with Crippen LogP contribution in [0.1, 0.15) is 28.3 Å². The third-order valence-electron chi connectivity index (χ3n) is 5.67. The highest BCUT2D eigenvalue weighted by Crippen LogP contribution is 2.44. The summed E-state index contributed by atoms with van der Waals surface area (Å²) in [6.45, 7) is 3.65. The van der Waals surface area contributed by atoms with E-state index in [4.69, 9.17) is 27.9 Å². The monoisotopic (exact) mass is 499 g/mol. The van der Waals surface area contributed by atoms with E-state index in [2.05, 4.69) is 0 Å². The second-order valence-corrected chi connectivity index (χ2v) is 8.80. The Morgan fingerprint density at radius 1 is 1.03 bits per heavy atom. The molecule has 0 bridgehead atoms. The van der Waals surface area contributed by atoms with E-state index in [1.807, 2.05) is 19.9 Å². The highest BCUT2D eigenvalue weighted by molar-refractivity contribution is 6.52. The van der Waals surface area contributed by atoms with Gasteiger partial charge in [0.05, 0.1) is 34.3 Å². The molecule has 0 saturated carbocycles. The minimum absolute atomic E-state index is 0.157. The molecule has 3 aromatic carbocycles. The zero-order valence-corrected chi connectivity index (χ0v) is 20.0. The number of nitrogens with zero attached hydrogens (tertiary/aromatic N) is 1. The average Bonchev–Trinajstić information content (AvgIpc) is 3.05. The second-order valence-electron chi connectivity index (χ2n) is 7.99. The zero-order chi connectivity index (χ0) is 24.7. The van der Waals surface area contributed by atoms with E-state index in [-0.39, 0.29) is 26.9 Å². The van der Waals surface area contributed by atoms with E-state index in [9.17, 15) is 19.1 Å². The number of methoxy groups -OCH3 is 1. The van der Waals surface area contributed by atoms with Crippen LogP contribution < -0.4 is 9.64 Å². The predicted octanol–water partition coefficient (Wildman–Crippen LogP) is 6.38. The summed E-state index contributed by atoms with van der Waals surface area (Å²) in [7, 11) is 1.45. The first-order valence-corrected chi connectivity index (χ1v) is 11.1. The summed E-state index contributed by atoms with van der Waals surface area (Å²) in [5.41, 5.74) is 2.24. The van der Waals surface area contributed by atoms with E-state index in [0.717, 1.165) is 22.1 Å². The molecule has 0 aromatic heterocycles. The maximum atomic E-state index is 14.1. The number of halogens is 3. The zero-order valence-electron chi connectivity index (χ0n) is 18.5. The second kappa shape index (κ2) is 9.12. The maximum absolute atomic E-state index is 14.1. The topological polar surface area (TPSA) is 66.8 Å². The minimum atomic E-state index is -1.08. The summed E-state index contributed by atoms with van der Waals surface area (Å²) >= 11 is 12.3. The number of ketones is 1. The van der Waals surface area contributed by atoms with Gasteiger partial charge in [-0.1, -0.05) is 41.4 Å². The van der Waals surface area contributed by atoms with Crippen LogP contribution in [0.15, 0.2) is 60.2 Å². The van der Waals surface area contributed by atoms with Gasteiger partial charge in [-0.05, 0) is 66.9 Å². The van der Waals surface area contributed by atoms with Gasteiger partial charge in [0, 0.05) is 5.69 Å². The smallest absolute Gasteiger partial charge is 0.300 e. The first kappa shape index (κ1) is 23.8. The Morgan fingerprint density at radius 2 is 1.76 bits per heavy atom. The van der Waals surface area contributed by atoms with Gasteiger partial charge in [-0.3, -0.25) is 14.5 Å². The molecule has 1 N–H and O–H groups in total. The molecule has 0 radical (unpaired) electrons. The molecule has 3 aromatic rings. The van der Waals surface area contributed by atoms with Crippen molar-refractivity contribution >= 4 is 46.3 Å². The lowest BCUT2D eigenvalue weighted by atomic mass is 9.93. The van der Waals surface area contributed by atoms with E-state index >= 15 is 0 Å². The van der Waals surface area contributed by atoms with Gasteiger partial charge >= 0.3 is 0 Å². The first-order chi connectivity index (χ1) is 16.1. The van der Waals surface area contributed by atoms with Gasteiger partial charge in [-0.2, -0.15) is 0 Å². The van der Waals surface area contributed by atoms with Crippen molar-refractivity contribution in [2.24, 2.45) is 0 Å². The highest BCUT2D eigenvalue weighted by Gasteiger charge is 2.47. The van der Waals surface area contributed by atoms with E-state index in [1.54, 1.807) is 12.1 Å². The molecule has 5 nitrogen and oxygen atoms in total. The molecule has 1 atom stereocenters. The van der Waals surface area contributed by atoms with Gasteiger partial charge in [0.15, 0.2) is 0 Å². The van der Waals surface area contributed by atoms with Gasteiger partial charge in [-0.25, -0.2) is 4.39 Å². The first-order valence-electron chi connectivity index (χ1n) is 10.3. The Kier molecular flexibility index (Phi) is 6.39. The quantitative estimate of drug-likeness (QED) is 0.256. The van der Waals surface area contributed by atoms with Crippen LogP contribution in [-0.2, 0) is 9.59 Å². The summed E-state index contributed by atoms with van der Waals surface area (Å²) in [5.74, 6) is -2.45. The number of aliphatic hydroxyl groups excluding tert-OH is 1.